The zero-order chi connectivity index (χ0) is 20.7. The average molecular weight is 463 g/mol. The monoisotopic (exact) mass is 462 g/mol. The van der Waals surface area contributed by atoms with Gasteiger partial charge in [-0.25, -0.2) is 9.37 Å². The van der Waals surface area contributed by atoms with Gasteiger partial charge in [0.25, 0.3) is 5.78 Å². The molecule has 1 aromatic carbocycles. The number of benzene rings is 1. The predicted molar refractivity (Wildman–Crippen MR) is 82.8 cm³/mol. The van der Waals surface area contributed by atoms with Crippen molar-refractivity contribution in [3.8, 4) is 17.1 Å². The summed E-state index contributed by atoms with van der Waals surface area (Å²) in [6.45, 7) is 2.88. The number of nitrogens with one attached hydrogen (secondary N) is 1. The van der Waals surface area contributed by atoms with Gasteiger partial charge < -0.3 is 9.72 Å². The summed E-state index contributed by atoms with van der Waals surface area (Å²) in [4.78, 5) is 16.8. The van der Waals surface area contributed by atoms with E-state index >= 15 is 0 Å². The van der Waals surface area contributed by atoms with Crippen molar-refractivity contribution in [2.75, 3.05) is 0 Å². The zero-order valence-electron chi connectivity index (χ0n) is 13.5. The minimum atomic E-state index is -5.29. The highest BCUT2D eigenvalue weighted by molar-refractivity contribution is 9.10. The van der Waals surface area contributed by atoms with Crippen LogP contribution in [0.5, 0.6) is 5.75 Å². The zero-order valence-corrected chi connectivity index (χ0v) is 15.1. The highest BCUT2D eigenvalue weighted by Gasteiger charge is 2.42. The molecular weight excluding hydrogens is 453 g/mol. The van der Waals surface area contributed by atoms with Crippen molar-refractivity contribution in [2.24, 2.45) is 0 Å². The largest absolute Gasteiger partial charge is 0.490 e. The summed E-state index contributed by atoms with van der Waals surface area (Å²) < 4.78 is 95.4. The van der Waals surface area contributed by atoms with Crippen LogP contribution in [0.15, 0.2) is 16.7 Å². The van der Waals surface area contributed by atoms with E-state index in [0.717, 1.165) is 0 Å². The molecule has 148 valence electrons. The van der Waals surface area contributed by atoms with Gasteiger partial charge in [0.2, 0.25) is 0 Å². The van der Waals surface area contributed by atoms with E-state index in [-0.39, 0.29) is 6.07 Å². The number of Topliss-reactive ketones (excluding diaryl/α,β-unsaturated/α-hetero) is 1. The highest BCUT2D eigenvalue weighted by atomic mass is 79.9. The average Bonchev–Trinajstić information content (AvgIpc) is 2.88. The second-order valence-corrected chi connectivity index (χ2v) is 6.32. The number of imidazole rings is 1. The quantitative estimate of drug-likeness (QED) is 0.480. The lowest BCUT2D eigenvalue weighted by molar-refractivity contribution is -0.141. The van der Waals surface area contributed by atoms with E-state index in [1.54, 1.807) is 0 Å². The number of carbonyl (C=O) groups excluding carboxylic acids is 1. The fourth-order valence-electron chi connectivity index (χ4n) is 2.08. The molecule has 0 radical (unpaired) electrons. The van der Waals surface area contributed by atoms with Crippen LogP contribution in [0.4, 0.5) is 30.7 Å². The first-order chi connectivity index (χ1) is 12.2. The fourth-order valence-corrected chi connectivity index (χ4v) is 2.59. The molecule has 0 spiro atoms. The third kappa shape index (κ3) is 4.60. The Labute approximate surface area is 155 Å². The molecule has 0 saturated heterocycles. The van der Waals surface area contributed by atoms with Crippen molar-refractivity contribution >= 4 is 21.7 Å². The number of ether oxygens (including phenoxy) is 1. The van der Waals surface area contributed by atoms with Crippen LogP contribution in [-0.2, 0) is 6.18 Å². The van der Waals surface area contributed by atoms with Crippen molar-refractivity contribution in [1.82, 2.24) is 9.97 Å². The minimum Gasteiger partial charge on any atom is -0.490 e. The molecule has 2 aromatic rings. The predicted octanol–water partition coefficient (Wildman–Crippen LogP) is 5.53. The summed E-state index contributed by atoms with van der Waals surface area (Å²) in [5.41, 5.74) is -3.00. The van der Waals surface area contributed by atoms with Crippen molar-refractivity contribution in [3.05, 3.63) is 33.8 Å². The molecule has 0 fully saturated rings. The van der Waals surface area contributed by atoms with Crippen molar-refractivity contribution in [1.29, 1.82) is 0 Å². The molecule has 4 nitrogen and oxygen atoms in total. The molecule has 0 aliphatic rings. The molecule has 27 heavy (non-hydrogen) atoms. The maximum atomic E-state index is 14.3. The van der Waals surface area contributed by atoms with Gasteiger partial charge in [0.15, 0.2) is 5.69 Å². The van der Waals surface area contributed by atoms with E-state index < -0.39 is 63.1 Å². The van der Waals surface area contributed by atoms with Gasteiger partial charge in [-0.3, -0.25) is 4.79 Å². The molecule has 0 bridgehead atoms. The van der Waals surface area contributed by atoms with Gasteiger partial charge in [-0.05, 0) is 41.9 Å². The maximum Gasteiger partial charge on any atom is 0.455 e. The van der Waals surface area contributed by atoms with Crippen LogP contribution in [0.3, 0.4) is 0 Å². The number of ketones is 1. The number of nitrogens with zero attached hydrogens (tertiary/aromatic N) is 1. The van der Waals surface area contributed by atoms with Crippen LogP contribution in [-0.4, -0.2) is 28.0 Å². The van der Waals surface area contributed by atoms with Gasteiger partial charge in [-0.1, -0.05) is 0 Å². The molecule has 1 heterocycles. The first-order valence-electron chi connectivity index (χ1n) is 7.16. The first-order valence-corrected chi connectivity index (χ1v) is 7.96. The molecule has 2 rings (SSSR count). The number of carbonyl (C=O) groups is 1. The Balaban J connectivity index is 2.65. The number of aromatic amines is 1. The molecule has 0 aliphatic heterocycles. The van der Waals surface area contributed by atoms with Gasteiger partial charge >= 0.3 is 12.4 Å². The Hall–Kier alpha value is -2.11. The molecule has 0 amide bonds. The molecule has 1 aromatic heterocycles. The smallest absolute Gasteiger partial charge is 0.455 e. The Morgan fingerprint density at radius 1 is 1.19 bits per heavy atom. The SMILES string of the molecule is CC(C)Oc1cc(-c2nc(Br)c(C(F)(F)F)[nH]2)c(F)cc1C(=O)C(F)(F)F. The normalized spacial score (nSPS) is 12.6. The molecule has 0 unspecified atom stereocenters. The second-order valence-electron chi connectivity index (χ2n) is 5.57. The van der Waals surface area contributed by atoms with Crippen LogP contribution in [0.25, 0.3) is 11.4 Å². The van der Waals surface area contributed by atoms with Gasteiger partial charge in [0, 0.05) is 0 Å². The lowest BCUT2D eigenvalue weighted by Gasteiger charge is -2.16. The summed E-state index contributed by atoms with van der Waals surface area (Å²) in [6, 6.07) is 0.951. The number of aromatic nitrogens is 2. The number of hydrogen-bond donors (Lipinski definition) is 1. The summed E-state index contributed by atoms with van der Waals surface area (Å²) in [6.07, 6.45) is -10.8. The van der Waals surface area contributed by atoms with Crippen molar-refractivity contribution in [2.45, 2.75) is 32.3 Å². The van der Waals surface area contributed by atoms with E-state index in [1.165, 1.54) is 13.8 Å². The Morgan fingerprint density at radius 2 is 1.78 bits per heavy atom. The number of halogens is 8. The summed E-state index contributed by atoms with van der Waals surface area (Å²) in [5.74, 6) is -4.97. The molecule has 12 heteroatoms. The van der Waals surface area contributed by atoms with Crippen LogP contribution in [0.1, 0.15) is 29.9 Å². The molecule has 0 aliphatic carbocycles. The van der Waals surface area contributed by atoms with Gasteiger partial charge in [-0.2, -0.15) is 26.3 Å². The topological polar surface area (TPSA) is 55.0 Å². The van der Waals surface area contributed by atoms with Gasteiger partial charge in [-0.15, -0.1) is 0 Å². The summed E-state index contributed by atoms with van der Waals surface area (Å²) in [5, 5.41) is 0. The number of alkyl halides is 6. The highest BCUT2D eigenvalue weighted by Crippen LogP contribution is 2.38. The summed E-state index contributed by atoms with van der Waals surface area (Å²) in [7, 11) is 0. The summed E-state index contributed by atoms with van der Waals surface area (Å²) >= 11 is 2.58. The van der Waals surface area contributed by atoms with Crippen LogP contribution in [0.2, 0.25) is 0 Å². The van der Waals surface area contributed by atoms with E-state index in [0.29, 0.717) is 6.07 Å². The molecule has 0 atom stereocenters. The maximum absolute atomic E-state index is 14.3. The second kappa shape index (κ2) is 7.13. The van der Waals surface area contributed by atoms with E-state index in [1.807, 2.05) is 4.98 Å². The molecule has 0 saturated carbocycles. The van der Waals surface area contributed by atoms with Crippen LogP contribution < -0.4 is 4.74 Å². The molecular formula is C15H10BrF7N2O2. The van der Waals surface area contributed by atoms with Gasteiger partial charge in [0.1, 0.15) is 22.0 Å². The first kappa shape index (κ1) is 21.2. The number of H-pyrrole nitrogens is 1. The number of rotatable bonds is 4. The molecule has 1 N–H and O–H groups in total. The van der Waals surface area contributed by atoms with Crippen LogP contribution in [0, 0.1) is 5.82 Å². The van der Waals surface area contributed by atoms with Gasteiger partial charge in [0.05, 0.1) is 17.2 Å². The van der Waals surface area contributed by atoms with Crippen molar-refractivity contribution < 1.29 is 40.3 Å². The third-order valence-corrected chi connectivity index (χ3v) is 3.71. The Bertz CT molecular complexity index is 872. The minimum absolute atomic E-state index is 0.257. The van der Waals surface area contributed by atoms with E-state index in [9.17, 15) is 35.5 Å². The van der Waals surface area contributed by atoms with E-state index in [4.69, 9.17) is 4.74 Å². The Kier molecular flexibility index (Phi) is 5.60. The standard InChI is InChI=1S/C15H10BrF7N2O2/c1-5(2)27-9-4-6(8(17)3-7(9)11(26)15(21,22)23)13-24-10(12(16)25-13)14(18,19)20/h3-5H,1-2H3,(H,24,25). The van der Waals surface area contributed by atoms with Crippen LogP contribution >= 0.6 is 15.9 Å². The fraction of sp³-hybridized carbons (Fsp3) is 0.333. The Morgan fingerprint density at radius 3 is 2.22 bits per heavy atom. The van der Waals surface area contributed by atoms with E-state index in [2.05, 4.69) is 20.9 Å². The van der Waals surface area contributed by atoms with Crippen molar-refractivity contribution in [3.63, 3.8) is 0 Å². The number of hydrogen-bond acceptors (Lipinski definition) is 3. The lowest BCUT2D eigenvalue weighted by atomic mass is 10.0. The lowest BCUT2D eigenvalue weighted by Crippen LogP contribution is -2.24. The third-order valence-electron chi connectivity index (χ3n) is 3.13.